The fourth-order valence-corrected chi connectivity index (χ4v) is 1.54. The van der Waals surface area contributed by atoms with E-state index in [9.17, 15) is 0 Å². The molecule has 0 saturated heterocycles. The molecular weight excluding hydrogens is 170 g/mol. The van der Waals surface area contributed by atoms with E-state index >= 15 is 0 Å². The summed E-state index contributed by atoms with van der Waals surface area (Å²) in [6.07, 6.45) is 4.47. The highest BCUT2D eigenvalue weighted by atomic mass is 14.8. The summed E-state index contributed by atoms with van der Waals surface area (Å²) in [5, 5.41) is 0. The van der Waals surface area contributed by atoms with Crippen molar-refractivity contribution < 1.29 is 0 Å². The van der Waals surface area contributed by atoms with Gasteiger partial charge in [0.15, 0.2) is 0 Å². The van der Waals surface area contributed by atoms with E-state index in [0.29, 0.717) is 5.92 Å². The average molecular weight is 193 g/mol. The van der Waals surface area contributed by atoms with Crippen LogP contribution in [0.5, 0.6) is 0 Å². The van der Waals surface area contributed by atoms with Crippen LogP contribution >= 0.6 is 0 Å². The number of rotatable bonds is 1. The van der Waals surface area contributed by atoms with Crippen LogP contribution in [-0.2, 0) is 0 Å². The first-order valence-electron chi connectivity index (χ1n) is 5.49. The predicted molar refractivity (Wildman–Crippen MR) is 63.8 cm³/mol. The molecular formula is C13H23N. The Hall–Kier alpha value is -0.590. The Balaban J connectivity index is 3.00. The summed E-state index contributed by atoms with van der Waals surface area (Å²) < 4.78 is 0. The van der Waals surface area contributed by atoms with Gasteiger partial charge in [-0.25, -0.2) is 0 Å². The van der Waals surface area contributed by atoms with E-state index in [0.717, 1.165) is 6.54 Å². The first-order chi connectivity index (χ1) is 6.26. The normalized spacial score (nSPS) is 28.1. The zero-order valence-electron chi connectivity index (χ0n) is 10.4. The molecule has 1 aliphatic heterocycles. The number of hydrogen-bond donors (Lipinski definition) is 0. The minimum absolute atomic E-state index is 0.222. The van der Waals surface area contributed by atoms with Crippen molar-refractivity contribution in [2.75, 3.05) is 6.54 Å². The van der Waals surface area contributed by atoms with Gasteiger partial charge < -0.3 is 0 Å². The number of allylic oxidation sites excluding steroid dienone is 1. The molecule has 80 valence electrons. The third-order valence-electron chi connectivity index (χ3n) is 3.33. The van der Waals surface area contributed by atoms with Gasteiger partial charge in [0.2, 0.25) is 0 Å². The van der Waals surface area contributed by atoms with E-state index in [1.165, 1.54) is 5.57 Å². The Bertz CT molecular complexity index is 265. The zero-order chi connectivity index (χ0) is 11.0. The summed E-state index contributed by atoms with van der Waals surface area (Å²) in [6, 6.07) is 0. The molecule has 0 spiro atoms. The Morgan fingerprint density at radius 3 is 2.36 bits per heavy atom. The van der Waals surface area contributed by atoms with Crippen LogP contribution in [0, 0.1) is 16.7 Å². The SMILES string of the molecule is CC(C)C1(C)C=C(C(C)(C)C)C=NC1. The van der Waals surface area contributed by atoms with E-state index in [4.69, 9.17) is 0 Å². The van der Waals surface area contributed by atoms with Crippen molar-refractivity contribution in [3.05, 3.63) is 11.6 Å². The van der Waals surface area contributed by atoms with Crippen LogP contribution in [0.3, 0.4) is 0 Å². The van der Waals surface area contributed by atoms with Crippen molar-refractivity contribution >= 4 is 6.21 Å². The Kier molecular flexibility index (Phi) is 2.89. The second-order valence-corrected chi connectivity index (χ2v) is 5.98. The summed E-state index contributed by atoms with van der Waals surface area (Å²) in [4.78, 5) is 4.51. The lowest BCUT2D eigenvalue weighted by atomic mass is 9.73. The van der Waals surface area contributed by atoms with Crippen LogP contribution in [-0.4, -0.2) is 12.8 Å². The number of aliphatic imine (C=N–C) groups is 1. The van der Waals surface area contributed by atoms with Crippen molar-refractivity contribution in [1.29, 1.82) is 0 Å². The van der Waals surface area contributed by atoms with Crippen molar-refractivity contribution in [2.24, 2.45) is 21.7 Å². The lowest BCUT2D eigenvalue weighted by Crippen LogP contribution is -2.30. The first kappa shape index (κ1) is 11.5. The molecule has 0 fully saturated rings. The van der Waals surface area contributed by atoms with Crippen LogP contribution in [0.25, 0.3) is 0 Å². The number of nitrogens with zero attached hydrogens (tertiary/aromatic N) is 1. The third kappa shape index (κ3) is 2.26. The summed E-state index contributed by atoms with van der Waals surface area (Å²) in [7, 11) is 0. The van der Waals surface area contributed by atoms with Crippen LogP contribution in [0.4, 0.5) is 0 Å². The summed E-state index contributed by atoms with van der Waals surface area (Å²) in [5.74, 6) is 0.650. The van der Waals surface area contributed by atoms with E-state index in [-0.39, 0.29) is 10.8 Å². The molecule has 1 aliphatic rings. The fourth-order valence-electron chi connectivity index (χ4n) is 1.54. The van der Waals surface area contributed by atoms with Crippen LogP contribution in [0.1, 0.15) is 41.5 Å². The van der Waals surface area contributed by atoms with E-state index in [1.54, 1.807) is 0 Å². The van der Waals surface area contributed by atoms with Gasteiger partial charge in [-0.1, -0.05) is 47.6 Å². The maximum absolute atomic E-state index is 4.51. The maximum atomic E-state index is 4.51. The van der Waals surface area contributed by atoms with E-state index in [2.05, 4.69) is 52.6 Å². The second-order valence-electron chi connectivity index (χ2n) is 5.98. The van der Waals surface area contributed by atoms with Gasteiger partial charge in [0.05, 0.1) is 0 Å². The van der Waals surface area contributed by atoms with Gasteiger partial charge in [-0.3, -0.25) is 4.99 Å². The summed E-state index contributed by atoms with van der Waals surface area (Å²) in [6.45, 7) is 14.5. The predicted octanol–water partition coefficient (Wildman–Crippen LogP) is 3.71. The highest BCUT2D eigenvalue weighted by molar-refractivity contribution is 5.81. The smallest absolute Gasteiger partial charge is 0.0480 e. The molecule has 1 rings (SSSR count). The molecule has 1 heterocycles. The zero-order valence-corrected chi connectivity index (χ0v) is 10.4. The average Bonchev–Trinajstić information content (AvgIpc) is 2.02. The van der Waals surface area contributed by atoms with Gasteiger partial charge in [-0.15, -0.1) is 0 Å². The van der Waals surface area contributed by atoms with Gasteiger partial charge in [0.1, 0.15) is 0 Å². The third-order valence-corrected chi connectivity index (χ3v) is 3.33. The minimum Gasteiger partial charge on any atom is -0.292 e. The highest BCUT2D eigenvalue weighted by Crippen LogP contribution is 2.36. The van der Waals surface area contributed by atoms with Gasteiger partial charge >= 0.3 is 0 Å². The minimum atomic E-state index is 0.222. The molecule has 0 aromatic heterocycles. The van der Waals surface area contributed by atoms with Gasteiger partial charge in [-0.05, 0) is 16.9 Å². The molecule has 0 aliphatic carbocycles. The summed E-state index contributed by atoms with van der Waals surface area (Å²) in [5.41, 5.74) is 1.84. The van der Waals surface area contributed by atoms with Crippen molar-refractivity contribution in [3.63, 3.8) is 0 Å². The molecule has 0 amide bonds. The molecule has 0 radical (unpaired) electrons. The van der Waals surface area contributed by atoms with Gasteiger partial charge in [0.25, 0.3) is 0 Å². The van der Waals surface area contributed by atoms with Crippen LogP contribution in [0.2, 0.25) is 0 Å². The first-order valence-corrected chi connectivity index (χ1v) is 5.49. The summed E-state index contributed by atoms with van der Waals surface area (Å²) >= 11 is 0. The highest BCUT2D eigenvalue weighted by Gasteiger charge is 2.30. The maximum Gasteiger partial charge on any atom is 0.0480 e. The molecule has 0 saturated carbocycles. The second kappa shape index (κ2) is 3.52. The molecule has 1 atom stereocenters. The Morgan fingerprint density at radius 2 is 1.93 bits per heavy atom. The van der Waals surface area contributed by atoms with Gasteiger partial charge in [-0.2, -0.15) is 0 Å². The van der Waals surface area contributed by atoms with Crippen molar-refractivity contribution in [1.82, 2.24) is 0 Å². The fraction of sp³-hybridized carbons (Fsp3) is 0.769. The molecule has 0 bridgehead atoms. The molecule has 1 heteroatoms. The lowest BCUT2D eigenvalue weighted by molar-refractivity contribution is 0.300. The molecule has 0 aromatic rings. The van der Waals surface area contributed by atoms with Crippen molar-refractivity contribution in [2.45, 2.75) is 41.5 Å². The monoisotopic (exact) mass is 193 g/mol. The molecule has 14 heavy (non-hydrogen) atoms. The molecule has 1 nitrogen and oxygen atoms in total. The van der Waals surface area contributed by atoms with Crippen LogP contribution < -0.4 is 0 Å². The Morgan fingerprint density at radius 1 is 1.36 bits per heavy atom. The quantitative estimate of drug-likeness (QED) is 0.602. The number of dihydropyridines is 1. The Labute approximate surface area is 88.3 Å². The largest absolute Gasteiger partial charge is 0.292 e. The van der Waals surface area contributed by atoms with Crippen molar-refractivity contribution in [3.8, 4) is 0 Å². The topological polar surface area (TPSA) is 12.4 Å². The molecule has 1 unspecified atom stereocenters. The lowest BCUT2D eigenvalue weighted by Gasteiger charge is -2.35. The standard InChI is InChI=1S/C13H23N/c1-10(2)13(6)7-11(8-14-9-13)12(3,4)5/h7-8,10H,9H2,1-6H3. The van der Waals surface area contributed by atoms with Gasteiger partial charge in [0, 0.05) is 18.2 Å². The number of hydrogen-bond acceptors (Lipinski definition) is 1. The molecule has 0 aromatic carbocycles. The van der Waals surface area contributed by atoms with E-state index in [1.807, 2.05) is 6.21 Å². The molecule has 0 N–H and O–H groups in total. The van der Waals surface area contributed by atoms with E-state index < -0.39 is 0 Å². The van der Waals surface area contributed by atoms with Crippen LogP contribution in [0.15, 0.2) is 16.6 Å².